The molecule has 0 radical (unpaired) electrons. The van der Waals surface area contributed by atoms with Crippen LogP contribution in [-0.2, 0) is 0 Å². The van der Waals surface area contributed by atoms with E-state index in [1.807, 2.05) is 38.1 Å². The Morgan fingerprint density at radius 3 is 2.38 bits per heavy atom. The number of aromatic hydroxyl groups is 1. The molecule has 0 saturated carbocycles. The Bertz CT molecular complexity index is 918. The summed E-state index contributed by atoms with van der Waals surface area (Å²) in [7, 11) is 0. The molecule has 0 aliphatic rings. The largest absolute Gasteiger partial charge is 0.493 e. The van der Waals surface area contributed by atoms with Gasteiger partial charge in [-0.25, -0.2) is 0 Å². The lowest BCUT2D eigenvalue weighted by atomic mass is 10.1. The van der Waals surface area contributed by atoms with Gasteiger partial charge in [0, 0.05) is 11.6 Å². The third-order valence-electron chi connectivity index (χ3n) is 3.99. The zero-order chi connectivity index (χ0) is 18.0. The van der Waals surface area contributed by atoms with Crippen LogP contribution >= 0.6 is 0 Å². The van der Waals surface area contributed by atoms with Crippen molar-refractivity contribution < 1.29 is 5.11 Å². The number of benzene rings is 1. The minimum atomic E-state index is -0.466. The van der Waals surface area contributed by atoms with E-state index in [-0.39, 0.29) is 23.2 Å². The lowest BCUT2D eigenvalue weighted by Gasteiger charge is -2.15. The fourth-order valence-electron chi connectivity index (χ4n) is 2.40. The van der Waals surface area contributed by atoms with Crippen molar-refractivity contribution in [2.75, 3.05) is 0 Å². The summed E-state index contributed by atoms with van der Waals surface area (Å²) >= 11 is 0. The number of pyridine rings is 1. The first-order valence-electron chi connectivity index (χ1n) is 7.65. The third kappa shape index (κ3) is 3.06. The highest BCUT2D eigenvalue weighted by Gasteiger charge is 2.20. The molecule has 2 rings (SSSR count). The van der Waals surface area contributed by atoms with Crippen molar-refractivity contribution in [1.82, 2.24) is 4.57 Å². The number of azo groups is 1. The van der Waals surface area contributed by atoms with Crippen LogP contribution in [0.25, 0.3) is 0 Å². The maximum atomic E-state index is 12.6. The van der Waals surface area contributed by atoms with Crippen molar-refractivity contribution in [2.24, 2.45) is 10.2 Å². The number of nitriles is 1. The zero-order valence-electron chi connectivity index (χ0n) is 14.5. The van der Waals surface area contributed by atoms with Gasteiger partial charge in [0.2, 0.25) is 5.88 Å². The number of nitrogens with zero attached hydrogens (tertiary/aromatic N) is 4. The lowest BCUT2D eigenvalue weighted by Crippen LogP contribution is -2.23. The summed E-state index contributed by atoms with van der Waals surface area (Å²) in [5.41, 5.74) is 2.80. The number of aromatic nitrogens is 1. The van der Waals surface area contributed by atoms with Crippen LogP contribution in [0.4, 0.5) is 11.4 Å². The van der Waals surface area contributed by atoms with E-state index in [9.17, 15) is 15.2 Å². The van der Waals surface area contributed by atoms with Gasteiger partial charge in [0.25, 0.3) is 5.56 Å². The van der Waals surface area contributed by atoms with E-state index in [2.05, 4.69) is 10.2 Å². The van der Waals surface area contributed by atoms with Crippen molar-refractivity contribution in [1.29, 1.82) is 5.26 Å². The molecule has 0 spiro atoms. The molecule has 6 nitrogen and oxygen atoms in total. The molecule has 0 aliphatic carbocycles. The summed E-state index contributed by atoms with van der Waals surface area (Å²) in [5, 5.41) is 27.6. The van der Waals surface area contributed by atoms with Crippen LogP contribution in [-0.4, -0.2) is 9.67 Å². The Morgan fingerprint density at radius 1 is 1.17 bits per heavy atom. The van der Waals surface area contributed by atoms with Crippen LogP contribution < -0.4 is 5.56 Å². The Kier molecular flexibility index (Phi) is 4.84. The van der Waals surface area contributed by atoms with E-state index in [4.69, 9.17) is 0 Å². The van der Waals surface area contributed by atoms with Gasteiger partial charge in [0.05, 0.1) is 5.69 Å². The molecular weight excluding hydrogens is 304 g/mol. The predicted octanol–water partition coefficient (Wildman–Crippen LogP) is 4.35. The van der Waals surface area contributed by atoms with Crippen LogP contribution in [0.1, 0.15) is 42.1 Å². The summed E-state index contributed by atoms with van der Waals surface area (Å²) in [5.74, 6) is -0.333. The second-order valence-electron chi connectivity index (χ2n) is 6.02. The fraction of sp³-hybridized carbons (Fsp3) is 0.333. The number of aryl methyl sites for hydroxylation is 2. The molecule has 0 atom stereocenters. The van der Waals surface area contributed by atoms with Gasteiger partial charge >= 0.3 is 0 Å². The Balaban J connectivity index is 2.64. The molecular formula is C18H20N4O2. The fourth-order valence-corrected chi connectivity index (χ4v) is 2.40. The van der Waals surface area contributed by atoms with Gasteiger partial charge < -0.3 is 5.11 Å². The lowest BCUT2D eigenvalue weighted by molar-refractivity contribution is 0.386. The first-order chi connectivity index (χ1) is 11.3. The van der Waals surface area contributed by atoms with Gasteiger partial charge in [-0.3, -0.25) is 9.36 Å². The summed E-state index contributed by atoms with van der Waals surface area (Å²) in [4.78, 5) is 12.6. The molecule has 0 unspecified atom stereocenters. The molecule has 6 heteroatoms. The van der Waals surface area contributed by atoms with Crippen molar-refractivity contribution in [3.8, 4) is 11.9 Å². The van der Waals surface area contributed by atoms with E-state index in [1.54, 1.807) is 20.8 Å². The van der Waals surface area contributed by atoms with Gasteiger partial charge in [-0.15, -0.1) is 5.11 Å². The highest BCUT2D eigenvalue weighted by molar-refractivity contribution is 5.57. The molecule has 0 fully saturated rings. The first kappa shape index (κ1) is 17.4. The molecule has 1 aromatic heterocycles. The smallest absolute Gasteiger partial charge is 0.281 e. The summed E-state index contributed by atoms with van der Waals surface area (Å²) < 4.78 is 1.15. The van der Waals surface area contributed by atoms with Crippen LogP contribution in [0, 0.1) is 32.1 Å². The molecule has 0 amide bonds. The molecule has 1 heterocycles. The number of hydrogen-bond donors (Lipinski definition) is 1. The average Bonchev–Trinajstić information content (AvgIpc) is 2.50. The summed E-state index contributed by atoms with van der Waals surface area (Å²) in [6.07, 6.45) is 0. The standard InChI is InChI=1S/C18H20N4O2/c1-10(2)22-17(23)15(9-19)13(5)16(18(22)24)21-20-14-7-6-11(3)12(4)8-14/h6-8,10,23H,1-5H3. The van der Waals surface area contributed by atoms with Crippen molar-refractivity contribution in [2.45, 2.75) is 40.7 Å². The van der Waals surface area contributed by atoms with Crippen LogP contribution in [0.2, 0.25) is 0 Å². The second kappa shape index (κ2) is 6.67. The molecule has 2 aromatic rings. The van der Waals surface area contributed by atoms with Crippen LogP contribution in [0.5, 0.6) is 5.88 Å². The third-order valence-corrected chi connectivity index (χ3v) is 3.99. The zero-order valence-corrected chi connectivity index (χ0v) is 14.5. The van der Waals surface area contributed by atoms with Crippen LogP contribution in [0.3, 0.4) is 0 Å². The Labute approximate surface area is 140 Å². The quantitative estimate of drug-likeness (QED) is 0.851. The maximum absolute atomic E-state index is 12.6. The molecule has 0 bridgehead atoms. The summed E-state index contributed by atoms with van der Waals surface area (Å²) in [6.45, 7) is 9.06. The Hall–Kier alpha value is -2.94. The highest BCUT2D eigenvalue weighted by atomic mass is 16.3. The average molecular weight is 324 g/mol. The van der Waals surface area contributed by atoms with E-state index < -0.39 is 5.56 Å². The van der Waals surface area contributed by atoms with E-state index in [1.165, 1.54) is 0 Å². The van der Waals surface area contributed by atoms with E-state index in [0.29, 0.717) is 11.3 Å². The molecule has 0 aliphatic heterocycles. The SMILES string of the molecule is Cc1ccc(N=Nc2c(C)c(C#N)c(O)n(C(C)C)c2=O)cc1C. The molecule has 24 heavy (non-hydrogen) atoms. The minimum absolute atomic E-state index is 0.0392. The molecule has 124 valence electrons. The second-order valence-corrected chi connectivity index (χ2v) is 6.02. The normalized spacial score (nSPS) is 11.2. The van der Waals surface area contributed by atoms with Gasteiger partial charge in [-0.05, 0) is 57.9 Å². The molecule has 1 aromatic carbocycles. The maximum Gasteiger partial charge on any atom is 0.281 e. The highest BCUT2D eigenvalue weighted by Crippen LogP contribution is 2.28. The monoisotopic (exact) mass is 324 g/mol. The number of hydrogen-bond acceptors (Lipinski definition) is 5. The molecule has 1 N–H and O–H groups in total. The van der Waals surface area contributed by atoms with Gasteiger partial charge in [0.15, 0.2) is 5.69 Å². The Morgan fingerprint density at radius 2 is 1.83 bits per heavy atom. The van der Waals surface area contributed by atoms with E-state index >= 15 is 0 Å². The minimum Gasteiger partial charge on any atom is -0.493 e. The van der Waals surface area contributed by atoms with Gasteiger partial charge in [0.1, 0.15) is 11.6 Å². The van der Waals surface area contributed by atoms with Crippen molar-refractivity contribution >= 4 is 11.4 Å². The topological polar surface area (TPSA) is 90.7 Å². The van der Waals surface area contributed by atoms with Gasteiger partial charge in [-0.1, -0.05) is 6.07 Å². The van der Waals surface area contributed by atoms with Gasteiger partial charge in [-0.2, -0.15) is 10.4 Å². The van der Waals surface area contributed by atoms with Crippen LogP contribution in [0.15, 0.2) is 33.2 Å². The predicted molar refractivity (Wildman–Crippen MR) is 92.3 cm³/mol. The van der Waals surface area contributed by atoms with E-state index in [0.717, 1.165) is 15.7 Å². The number of rotatable bonds is 3. The van der Waals surface area contributed by atoms with Crippen molar-refractivity contribution in [3.63, 3.8) is 0 Å². The first-order valence-corrected chi connectivity index (χ1v) is 7.65. The molecule has 0 saturated heterocycles. The summed E-state index contributed by atoms with van der Waals surface area (Å²) in [6, 6.07) is 7.24. The van der Waals surface area contributed by atoms with Crippen molar-refractivity contribution in [3.05, 3.63) is 50.8 Å².